The fourth-order valence-electron chi connectivity index (χ4n) is 3.97. The number of hydrogen-bond acceptors (Lipinski definition) is 4. The first kappa shape index (κ1) is 20.4. The van der Waals surface area contributed by atoms with E-state index in [4.69, 9.17) is 0 Å². The van der Waals surface area contributed by atoms with Crippen molar-refractivity contribution in [3.8, 4) is 0 Å². The van der Waals surface area contributed by atoms with Crippen LogP contribution in [0.25, 0.3) is 10.8 Å². The summed E-state index contributed by atoms with van der Waals surface area (Å²) in [6, 6.07) is 19.4. The Morgan fingerprint density at radius 2 is 1.80 bits per heavy atom. The second kappa shape index (κ2) is 8.08. The lowest BCUT2D eigenvalue weighted by atomic mass is 10.1. The van der Waals surface area contributed by atoms with Crippen LogP contribution in [-0.2, 0) is 14.8 Å². The molecule has 156 valence electrons. The SMILES string of the molecule is CN(C)c1cccc2cc(S(=O)(=O)N3CCCC3C(=O)Nc3ccccc3)ccc12. The summed E-state index contributed by atoms with van der Waals surface area (Å²) in [5, 5.41) is 4.68. The molecular formula is C23H25N3O3S. The van der Waals surface area contributed by atoms with Crippen LogP contribution in [0.3, 0.4) is 0 Å². The van der Waals surface area contributed by atoms with Gasteiger partial charge < -0.3 is 10.2 Å². The number of nitrogens with zero attached hydrogens (tertiary/aromatic N) is 2. The third-order valence-electron chi connectivity index (χ3n) is 5.46. The van der Waals surface area contributed by atoms with Gasteiger partial charge in [0, 0.05) is 37.4 Å². The number of amides is 1. The predicted molar refractivity (Wildman–Crippen MR) is 120 cm³/mol. The van der Waals surface area contributed by atoms with E-state index in [0.29, 0.717) is 25.1 Å². The number of benzene rings is 3. The molecule has 4 rings (SSSR count). The first-order valence-electron chi connectivity index (χ1n) is 9.96. The summed E-state index contributed by atoms with van der Waals surface area (Å²) in [4.78, 5) is 15.0. The molecule has 0 spiro atoms. The van der Waals surface area contributed by atoms with Crippen molar-refractivity contribution in [2.75, 3.05) is 30.9 Å². The van der Waals surface area contributed by atoms with Gasteiger partial charge >= 0.3 is 0 Å². The molecule has 1 amide bonds. The summed E-state index contributed by atoms with van der Waals surface area (Å²) < 4.78 is 28.1. The Bertz CT molecular complexity index is 1180. The molecule has 1 heterocycles. The Balaban J connectivity index is 1.64. The van der Waals surface area contributed by atoms with E-state index < -0.39 is 16.1 Å². The van der Waals surface area contributed by atoms with Gasteiger partial charge in [0.1, 0.15) is 6.04 Å². The minimum absolute atomic E-state index is 0.213. The van der Waals surface area contributed by atoms with Crippen LogP contribution in [0.4, 0.5) is 11.4 Å². The number of para-hydroxylation sites is 1. The average Bonchev–Trinajstić information content (AvgIpc) is 3.24. The molecule has 1 fully saturated rings. The zero-order valence-electron chi connectivity index (χ0n) is 17.1. The molecule has 3 aromatic carbocycles. The van der Waals surface area contributed by atoms with Crippen LogP contribution in [0.15, 0.2) is 71.6 Å². The minimum atomic E-state index is -3.79. The Labute approximate surface area is 177 Å². The van der Waals surface area contributed by atoms with Crippen molar-refractivity contribution in [2.24, 2.45) is 0 Å². The van der Waals surface area contributed by atoms with Crippen LogP contribution in [0.2, 0.25) is 0 Å². The molecule has 1 unspecified atom stereocenters. The number of hydrogen-bond donors (Lipinski definition) is 1. The van der Waals surface area contributed by atoms with Crippen molar-refractivity contribution >= 4 is 38.1 Å². The van der Waals surface area contributed by atoms with Crippen LogP contribution >= 0.6 is 0 Å². The third-order valence-corrected chi connectivity index (χ3v) is 7.37. The molecule has 1 aliphatic heterocycles. The normalized spacial score (nSPS) is 17.2. The zero-order valence-corrected chi connectivity index (χ0v) is 17.9. The molecule has 3 aromatic rings. The fourth-order valence-corrected chi connectivity index (χ4v) is 5.66. The Morgan fingerprint density at radius 1 is 1.03 bits per heavy atom. The number of fused-ring (bicyclic) bond motifs is 1. The maximum Gasteiger partial charge on any atom is 0.243 e. The van der Waals surface area contributed by atoms with E-state index in [-0.39, 0.29) is 10.8 Å². The first-order valence-corrected chi connectivity index (χ1v) is 11.4. The van der Waals surface area contributed by atoms with Gasteiger partial charge in [0.2, 0.25) is 15.9 Å². The number of sulfonamides is 1. The highest BCUT2D eigenvalue weighted by Crippen LogP contribution is 2.31. The molecule has 0 radical (unpaired) electrons. The van der Waals surface area contributed by atoms with Crippen molar-refractivity contribution in [2.45, 2.75) is 23.8 Å². The van der Waals surface area contributed by atoms with Crippen LogP contribution < -0.4 is 10.2 Å². The molecule has 0 aliphatic carbocycles. The molecule has 30 heavy (non-hydrogen) atoms. The molecule has 6 nitrogen and oxygen atoms in total. The summed E-state index contributed by atoms with van der Waals surface area (Å²) in [6.07, 6.45) is 1.17. The highest BCUT2D eigenvalue weighted by atomic mass is 32.2. The van der Waals surface area contributed by atoms with Gasteiger partial charge in [-0.2, -0.15) is 4.31 Å². The van der Waals surface area contributed by atoms with Crippen LogP contribution in [0.1, 0.15) is 12.8 Å². The Hall–Kier alpha value is -2.90. The van der Waals surface area contributed by atoms with Gasteiger partial charge in [-0.25, -0.2) is 8.42 Å². The Kier molecular flexibility index (Phi) is 5.49. The van der Waals surface area contributed by atoms with Crippen molar-refractivity contribution in [3.05, 3.63) is 66.7 Å². The van der Waals surface area contributed by atoms with Gasteiger partial charge in [0.05, 0.1) is 4.90 Å². The summed E-state index contributed by atoms with van der Waals surface area (Å²) in [5.41, 5.74) is 1.69. The number of carbonyl (C=O) groups is 1. The average molecular weight is 424 g/mol. The second-order valence-electron chi connectivity index (χ2n) is 7.68. The largest absolute Gasteiger partial charge is 0.377 e. The van der Waals surface area contributed by atoms with E-state index in [9.17, 15) is 13.2 Å². The molecule has 0 aromatic heterocycles. The van der Waals surface area contributed by atoms with Gasteiger partial charge in [-0.1, -0.05) is 36.4 Å². The van der Waals surface area contributed by atoms with E-state index in [1.807, 2.05) is 61.5 Å². The summed E-state index contributed by atoms with van der Waals surface area (Å²) in [6.45, 7) is 0.338. The molecule has 0 bridgehead atoms. The smallest absolute Gasteiger partial charge is 0.243 e. The highest BCUT2D eigenvalue weighted by Gasteiger charge is 2.39. The highest BCUT2D eigenvalue weighted by molar-refractivity contribution is 7.89. The number of rotatable bonds is 5. The molecule has 1 saturated heterocycles. The minimum Gasteiger partial charge on any atom is -0.377 e. The molecule has 7 heteroatoms. The van der Waals surface area contributed by atoms with Gasteiger partial charge in [0.15, 0.2) is 0 Å². The summed E-state index contributed by atoms with van der Waals surface area (Å²) >= 11 is 0. The zero-order chi connectivity index (χ0) is 21.3. The van der Waals surface area contributed by atoms with Crippen LogP contribution in [-0.4, -0.2) is 45.3 Å². The molecular weight excluding hydrogens is 398 g/mol. The molecule has 1 N–H and O–H groups in total. The van der Waals surface area contributed by atoms with Crippen LogP contribution in [0.5, 0.6) is 0 Å². The van der Waals surface area contributed by atoms with E-state index in [1.165, 1.54) is 4.31 Å². The first-order chi connectivity index (χ1) is 14.4. The predicted octanol–water partition coefficient (Wildman–Crippen LogP) is 3.70. The van der Waals surface area contributed by atoms with Gasteiger partial charge in [0.25, 0.3) is 0 Å². The maximum absolute atomic E-state index is 13.4. The summed E-state index contributed by atoms with van der Waals surface area (Å²) in [5.74, 6) is -0.294. The van der Waals surface area contributed by atoms with Crippen molar-refractivity contribution in [3.63, 3.8) is 0 Å². The molecule has 1 atom stereocenters. The van der Waals surface area contributed by atoms with E-state index in [2.05, 4.69) is 5.32 Å². The third kappa shape index (κ3) is 3.78. The van der Waals surface area contributed by atoms with Gasteiger partial charge in [-0.05, 0) is 48.6 Å². The molecule has 0 saturated carbocycles. The fraction of sp³-hybridized carbons (Fsp3) is 0.261. The molecule has 1 aliphatic rings. The van der Waals surface area contributed by atoms with Crippen molar-refractivity contribution in [1.29, 1.82) is 0 Å². The van der Waals surface area contributed by atoms with E-state index in [0.717, 1.165) is 16.5 Å². The van der Waals surface area contributed by atoms with Crippen molar-refractivity contribution < 1.29 is 13.2 Å². The van der Waals surface area contributed by atoms with Crippen molar-refractivity contribution in [1.82, 2.24) is 4.31 Å². The van der Waals surface area contributed by atoms with Gasteiger partial charge in [-0.15, -0.1) is 0 Å². The van der Waals surface area contributed by atoms with Crippen LogP contribution in [0, 0.1) is 0 Å². The van der Waals surface area contributed by atoms with E-state index in [1.54, 1.807) is 24.3 Å². The maximum atomic E-state index is 13.4. The van der Waals surface area contributed by atoms with Gasteiger partial charge in [-0.3, -0.25) is 4.79 Å². The lowest BCUT2D eigenvalue weighted by Crippen LogP contribution is -2.43. The van der Waals surface area contributed by atoms with E-state index >= 15 is 0 Å². The standard InChI is InChI=1S/C23H25N3O3S/c1-25(2)21-11-6-8-17-16-19(13-14-20(17)21)30(28,29)26-15-7-12-22(26)23(27)24-18-9-4-3-5-10-18/h3-6,8-11,13-14,16,22H,7,12,15H2,1-2H3,(H,24,27). The monoisotopic (exact) mass is 423 g/mol. The Morgan fingerprint density at radius 3 is 2.53 bits per heavy atom. The second-order valence-corrected chi connectivity index (χ2v) is 9.57. The lowest BCUT2D eigenvalue weighted by Gasteiger charge is -2.24. The number of anilines is 2. The lowest BCUT2D eigenvalue weighted by molar-refractivity contribution is -0.119. The number of nitrogens with one attached hydrogen (secondary N) is 1. The quantitative estimate of drug-likeness (QED) is 0.679. The summed E-state index contributed by atoms with van der Waals surface area (Å²) in [7, 11) is 0.125. The topological polar surface area (TPSA) is 69.7 Å². The number of carbonyl (C=O) groups excluding carboxylic acids is 1.